The number of hydrogen-bond donors (Lipinski definition) is 0. The molecule has 0 amide bonds. The van der Waals surface area contributed by atoms with Gasteiger partial charge in [-0.3, -0.25) is 4.79 Å². The minimum Gasteiger partial charge on any atom is -0.288 e. The molecular formula is C17H16Br2OS. The van der Waals surface area contributed by atoms with E-state index in [1.54, 1.807) is 0 Å². The summed E-state index contributed by atoms with van der Waals surface area (Å²) >= 11 is 8.34. The van der Waals surface area contributed by atoms with Crippen molar-refractivity contribution in [3.63, 3.8) is 0 Å². The van der Waals surface area contributed by atoms with Gasteiger partial charge in [-0.25, -0.2) is 0 Å². The van der Waals surface area contributed by atoms with Crippen molar-refractivity contribution in [3.8, 4) is 0 Å². The van der Waals surface area contributed by atoms with Gasteiger partial charge in [-0.2, -0.15) is 0 Å². The molecule has 0 bridgehead atoms. The van der Waals surface area contributed by atoms with E-state index in [1.165, 1.54) is 49.0 Å². The molecule has 1 aromatic heterocycles. The molecular weight excluding hydrogens is 412 g/mol. The first-order valence-corrected chi connectivity index (χ1v) is 9.65. The topological polar surface area (TPSA) is 17.1 Å². The third kappa shape index (κ3) is 3.49. The van der Waals surface area contributed by atoms with Gasteiger partial charge < -0.3 is 0 Å². The smallest absolute Gasteiger partial charge is 0.203 e. The zero-order valence-corrected chi connectivity index (χ0v) is 15.6. The van der Waals surface area contributed by atoms with E-state index < -0.39 is 0 Å². The van der Waals surface area contributed by atoms with Crippen LogP contribution in [0.5, 0.6) is 0 Å². The van der Waals surface area contributed by atoms with Crippen LogP contribution >= 0.6 is 43.2 Å². The van der Waals surface area contributed by atoms with Crippen LogP contribution in [0.3, 0.4) is 0 Å². The van der Waals surface area contributed by atoms with Crippen LogP contribution in [0, 0.1) is 0 Å². The van der Waals surface area contributed by atoms with Crippen LogP contribution in [0.2, 0.25) is 0 Å². The summed E-state index contributed by atoms with van der Waals surface area (Å²) in [6.07, 6.45) is 6.62. The second-order valence-corrected chi connectivity index (χ2v) is 8.74. The fourth-order valence-corrected chi connectivity index (χ4v) is 4.94. The molecule has 4 heteroatoms. The Kier molecular flexibility index (Phi) is 4.97. The summed E-state index contributed by atoms with van der Waals surface area (Å²) in [5.41, 5.74) is 2.16. The van der Waals surface area contributed by atoms with Crippen molar-refractivity contribution in [3.05, 3.63) is 54.6 Å². The molecule has 0 saturated heterocycles. The van der Waals surface area contributed by atoms with Crippen molar-refractivity contribution in [1.82, 2.24) is 0 Å². The molecule has 0 unspecified atom stereocenters. The average Bonchev–Trinajstić information content (AvgIpc) is 2.87. The lowest BCUT2D eigenvalue weighted by atomic mass is 9.84. The number of thiophene rings is 1. The van der Waals surface area contributed by atoms with E-state index in [9.17, 15) is 4.79 Å². The fourth-order valence-electron chi connectivity index (χ4n) is 2.94. The first kappa shape index (κ1) is 15.4. The molecule has 21 heavy (non-hydrogen) atoms. The standard InChI is InChI=1S/C17H16Br2OS/c18-14-10-15(21-17(14)19)16(20)13-8-6-12(7-9-13)11-4-2-1-3-5-11/h6-11H,1-5H2. The molecule has 1 nitrogen and oxygen atoms in total. The minimum absolute atomic E-state index is 0.0987. The van der Waals surface area contributed by atoms with Crippen molar-refractivity contribution in [2.75, 3.05) is 0 Å². The molecule has 0 aliphatic heterocycles. The van der Waals surface area contributed by atoms with Gasteiger partial charge in [0.05, 0.1) is 8.66 Å². The van der Waals surface area contributed by atoms with Gasteiger partial charge >= 0.3 is 0 Å². The van der Waals surface area contributed by atoms with Crippen LogP contribution in [-0.2, 0) is 0 Å². The molecule has 1 heterocycles. The number of carbonyl (C=O) groups is 1. The van der Waals surface area contributed by atoms with E-state index in [4.69, 9.17) is 0 Å². The highest BCUT2D eigenvalue weighted by Gasteiger charge is 2.17. The predicted molar refractivity (Wildman–Crippen MR) is 95.4 cm³/mol. The summed E-state index contributed by atoms with van der Waals surface area (Å²) in [5.74, 6) is 0.787. The lowest BCUT2D eigenvalue weighted by molar-refractivity contribution is 0.104. The molecule has 1 saturated carbocycles. The first-order chi connectivity index (χ1) is 10.1. The normalized spacial score (nSPS) is 16.1. The maximum Gasteiger partial charge on any atom is 0.203 e. The molecule has 2 aromatic rings. The Bertz CT molecular complexity index is 620. The van der Waals surface area contributed by atoms with E-state index >= 15 is 0 Å². The Hall–Kier alpha value is -0.450. The quantitative estimate of drug-likeness (QED) is 0.507. The Morgan fingerprint density at radius 3 is 2.29 bits per heavy atom. The van der Waals surface area contributed by atoms with Gasteiger partial charge in [-0.1, -0.05) is 43.5 Å². The van der Waals surface area contributed by atoms with Gasteiger partial charge in [-0.05, 0) is 62.2 Å². The summed E-state index contributed by atoms with van der Waals surface area (Å²) in [5, 5.41) is 0. The van der Waals surface area contributed by atoms with Crippen LogP contribution in [0.15, 0.2) is 38.6 Å². The van der Waals surface area contributed by atoms with E-state index in [2.05, 4.69) is 44.0 Å². The highest BCUT2D eigenvalue weighted by molar-refractivity contribution is 9.13. The third-order valence-corrected chi connectivity index (χ3v) is 7.37. The number of rotatable bonds is 3. The largest absolute Gasteiger partial charge is 0.288 e. The summed E-state index contributed by atoms with van der Waals surface area (Å²) in [4.78, 5) is 13.2. The number of carbonyl (C=O) groups excluding carboxylic acids is 1. The third-order valence-electron chi connectivity index (χ3n) is 4.12. The van der Waals surface area contributed by atoms with Crippen molar-refractivity contribution in [2.24, 2.45) is 0 Å². The summed E-state index contributed by atoms with van der Waals surface area (Å²) in [6, 6.07) is 10.1. The number of ketones is 1. The van der Waals surface area contributed by atoms with Gasteiger partial charge in [0.1, 0.15) is 0 Å². The number of halogens is 2. The van der Waals surface area contributed by atoms with Crippen LogP contribution in [0.1, 0.15) is 58.8 Å². The van der Waals surface area contributed by atoms with Crippen molar-refractivity contribution in [2.45, 2.75) is 38.0 Å². The predicted octanol–water partition coefficient (Wildman–Crippen LogP) is 6.55. The van der Waals surface area contributed by atoms with Gasteiger partial charge in [0, 0.05) is 10.0 Å². The highest BCUT2D eigenvalue weighted by atomic mass is 79.9. The van der Waals surface area contributed by atoms with Crippen molar-refractivity contribution in [1.29, 1.82) is 0 Å². The fraction of sp³-hybridized carbons (Fsp3) is 0.353. The lowest BCUT2D eigenvalue weighted by Gasteiger charge is -2.21. The van der Waals surface area contributed by atoms with E-state index in [0.717, 1.165) is 18.7 Å². The summed E-state index contributed by atoms with van der Waals surface area (Å²) in [6.45, 7) is 0. The Balaban J connectivity index is 1.78. The average molecular weight is 428 g/mol. The molecule has 110 valence electrons. The summed E-state index contributed by atoms with van der Waals surface area (Å²) < 4.78 is 1.90. The van der Waals surface area contributed by atoms with Crippen LogP contribution in [-0.4, -0.2) is 5.78 Å². The number of hydrogen-bond acceptors (Lipinski definition) is 2. The lowest BCUT2D eigenvalue weighted by Crippen LogP contribution is -2.05. The van der Waals surface area contributed by atoms with Gasteiger partial charge in [0.2, 0.25) is 5.78 Å². The van der Waals surface area contributed by atoms with Gasteiger partial charge in [-0.15, -0.1) is 11.3 Å². The first-order valence-electron chi connectivity index (χ1n) is 7.24. The zero-order chi connectivity index (χ0) is 14.8. The number of benzene rings is 1. The maximum absolute atomic E-state index is 12.5. The van der Waals surface area contributed by atoms with Crippen molar-refractivity contribution >= 4 is 49.0 Å². The maximum atomic E-state index is 12.5. The molecule has 1 aliphatic rings. The Labute approximate surface area is 146 Å². The van der Waals surface area contributed by atoms with Gasteiger partial charge in [0.25, 0.3) is 0 Å². The van der Waals surface area contributed by atoms with Crippen molar-refractivity contribution < 1.29 is 4.79 Å². The SMILES string of the molecule is O=C(c1ccc(C2CCCCC2)cc1)c1cc(Br)c(Br)s1. The molecule has 1 aliphatic carbocycles. The molecule has 0 spiro atoms. The van der Waals surface area contributed by atoms with E-state index in [1.807, 2.05) is 18.2 Å². The van der Waals surface area contributed by atoms with E-state index in [-0.39, 0.29) is 5.78 Å². The summed E-state index contributed by atoms with van der Waals surface area (Å²) in [7, 11) is 0. The second kappa shape index (κ2) is 6.76. The molecule has 1 aromatic carbocycles. The van der Waals surface area contributed by atoms with E-state index in [0.29, 0.717) is 5.92 Å². The Morgan fingerprint density at radius 2 is 1.71 bits per heavy atom. The van der Waals surface area contributed by atoms with Crippen LogP contribution in [0.4, 0.5) is 0 Å². The molecule has 3 rings (SSSR count). The molecule has 1 fully saturated rings. The Morgan fingerprint density at radius 1 is 1.05 bits per heavy atom. The van der Waals surface area contributed by atoms with Gasteiger partial charge in [0.15, 0.2) is 0 Å². The monoisotopic (exact) mass is 426 g/mol. The second-order valence-electron chi connectivity index (χ2n) is 5.52. The molecule has 0 atom stereocenters. The minimum atomic E-state index is 0.0987. The highest BCUT2D eigenvalue weighted by Crippen LogP contribution is 2.35. The molecule has 0 radical (unpaired) electrons. The molecule has 0 N–H and O–H groups in total. The van der Waals surface area contributed by atoms with Crippen LogP contribution in [0.25, 0.3) is 0 Å². The van der Waals surface area contributed by atoms with Crippen LogP contribution < -0.4 is 0 Å². The zero-order valence-electron chi connectivity index (χ0n) is 11.6.